The lowest BCUT2D eigenvalue weighted by molar-refractivity contribution is -0.139. The van der Waals surface area contributed by atoms with Gasteiger partial charge in [0.15, 0.2) is 13.2 Å². The van der Waals surface area contributed by atoms with E-state index in [0.717, 1.165) is 25.3 Å². The molecule has 1 aliphatic heterocycles. The predicted octanol–water partition coefficient (Wildman–Crippen LogP) is 4.44. The van der Waals surface area contributed by atoms with Gasteiger partial charge in [0.2, 0.25) is 0 Å². The molecule has 2 aromatic carbocycles. The van der Waals surface area contributed by atoms with E-state index in [1.165, 1.54) is 24.3 Å². The van der Waals surface area contributed by atoms with Gasteiger partial charge in [-0.2, -0.15) is 0 Å². The smallest absolute Gasteiger partial charge is 0.338 e. The molecule has 33 heavy (non-hydrogen) atoms. The van der Waals surface area contributed by atoms with E-state index in [0.29, 0.717) is 5.75 Å². The maximum Gasteiger partial charge on any atom is 0.338 e. The van der Waals surface area contributed by atoms with Gasteiger partial charge in [0.05, 0.1) is 11.3 Å². The van der Waals surface area contributed by atoms with Gasteiger partial charge in [-0.1, -0.05) is 11.6 Å². The highest BCUT2D eigenvalue weighted by Gasteiger charge is 2.29. The molecule has 0 saturated carbocycles. The zero-order valence-electron chi connectivity index (χ0n) is 18.5. The van der Waals surface area contributed by atoms with E-state index in [1.54, 1.807) is 12.1 Å². The van der Waals surface area contributed by atoms with E-state index in [2.05, 4.69) is 5.32 Å². The van der Waals surface area contributed by atoms with Crippen LogP contribution in [0.25, 0.3) is 0 Å². The number of carbonyl (C=O) groups is 3. The van der Waals surface area contributed by atoms with Crippen LogP contribution in [0.4, 0.5) is 10.1 Å². The summed E-state index contributed by atoms with van der Waals surface area (Å²) < 4.78 is 24.2. The van der Waals surface area contributed by atoms with Gasteiger partial charge in [0.1, 0.15) is 11.6 Å². The minimum absolute atomic E-state index is 0.0691. The summed E-state index contributed by atoms with van der Waals surface area (Å²) in [5, 5.41) is 2.55. The summed E-state index contributed by atoms with van der Waals surface area (Å²) in [6, 6.07) is 10.2. The van der Waals surface area contributed by atoms with E-state index < -0.39 is 24.3 Å². The van der Waals surface area contributed by atoms with Crippen LogP contribution < -0.4 is 10.1 Å². The van der Waals surface area contributed by atoms with Crippen molar-refractivity contribution in [2.24, 2.45) is 0 Å². The Morgan fingerprint density at radius 2 is 1.73 bits per heavy atom. The quantitative estimate of drug-likeness (QED) is 0.597. The first-order valence-corrected chi connectivity index (χ1v) is 11.1. The summed E-state index contributed by atoms with van der Waals surface area (Å²) in [5.41, 5.74) is 0.0987. The maximum absolute atomic E-state index is 13.7. The number of esters is 1. The Hall–Kier alpha value is -3.13. The third-order valence-electron chi connectivity index (χ3n) is 5.47. The van der Waals surface area contributed by atoms with Crippen LogP contribution in [0.3, 0.4) is 0 Å². The van der Waals surface area contributed by atoms with E-state index in [9.17, 15) is 18.8 Å². The van der Waals surface area contributed by atoms with Gasteiger partial charge < -0.3 is 19.7 Å². The minimum Gasteiger partial charge on any atom is -0.484 e. The van der Waals surface area contributed by atoms with Crippen LogP contribution in [0, 0.1) is 5.82 Å². The summed E-state index contributed by atoms with van der Waals surface area (Å²) in [5.74, 6) is -1.72. The molecule has 0 bridgehead atoms. The van der Waals surface area contributed by atoms with Gasteiger partial charge in [-0.3, -0.25) is 9.59 Å². The Morgan fingerprint density at radius 3 is 2.39 bits per heavy atom. The topological polar surface area (TPSA) is 84.9 Å². The normalized spacial score (nSPS) is 17.9. The summed E-state index contributed by atoms with van der Waals surface area (Å²) >= 11 is 5.78. The fourth-order valence-corrected chi connectivity index (χ4v) is 3.99. The second-order valence-corrected chi connectivity index (χ2v) is 8.43. The van der Waals surface area contributed by atoms with Gasteiger partial charge in [0.25, 0.3) is 11.8 Å². The Bertz CT molecular complexity index is 1000. The molecule has 1 saturated heterocycles. The highest BCUT2D eigenvalue weighted by atomic mass is 35.5. The van der Waals surface area contributed by atoms with E-state index in [4.69, 9.17) is 21.1 Å². The maximum atomic E-state index is 13.7. The van der Waals surface area contributed by atoms with E-state index >= 15 is 0 Å². The van der Waals surface area contributed by atoms with Gasteiger partial charge in [0, 0.05) is 17.1 Å². The highest BCUT2D eigenvalue weighted by Crippen LogP contribution is 2.23. The molecule has 0 aliphatic carbocycles. The average molecular weight is 477 g/mol. The van der Waals surface area contributed by atoms with Crippen LogP contribution in [-0.2, 0) is 14.3 Å². The van der Waals surface area contributed by atoms with Crippen molar-refractivity contribution >= 4 is 35.1 Å². The Balaban J connectivity index is 1.47. The zero-order valence-corrected chi connectivity index (χ0v) is 19.2. The zero-order chi connectivity index (χ0) is 24.0. The highest BCUT2D eigenvalue weighted by molar-refractivity contribution is 6.30. The summed E-state index contributed by atoms with van der Waals surface area (Å²) in [6.07, 6.45) is 3.08. The van der Waals surface area contributed by atoms with Crippen LogP contribution in [0.15, 0.2) is 42.5 Å². The number of amides is 2. The fraction of sp³-hybridized carbons (Fsp3) is 0.375. The summed E-state index contributed by atoms with van der Waals surface area (Å²) in [4.78, 5) is 38.5. The number of hydrogen-bond donors (Lipinski definition) is 1. The SMILES string of the molecule is CC1CCCC(C)N1C(=O)COc1ccc(C(=O)OCC(=O)Nc2cc(Cl)ccc2F)cc1. The van der Waals surface area contributed by atoms with Crippen LogP contribution in [0.1, 0.15) is 43.5 Å². The van der Waals surface area contributed by atoms with Crippen LogP contribution >= 0.6 is 11.6 Å². The number of hydrogen-bond acceptors (Lipinski definition) is 5. The lowest BCUT2D eigenvalue weighted by atomic mass is 9.97. The average Bonchev–Trinajstić information content (AvgIpc) is 2.78. The molecule has 1 heterocycles. The van der Waals surface area contributed by atoms with Gasteiger partial charge >= 0.3 is 5.97 Å². The molecular weight excluding hydrogens is 451 g/mol. The molecule has 3 rings (SSSR count). The van der Waals surface area contributed by atoms with E-state index in [-0.39, 0.29) is 40.9 Å². The largest absolute Gasteiger partial charge is 0.484 e. The van der Waals surface area contributed by atoms with Gasteiger partial charge in [-0.05, 0) is 75.6 Å². The Kier molecular flexibility index (Phi) is 8.27. The summed E-state index contributed by atoms with van der Waals surface area (Å²) in [7, 11) is 0. The van der Waals surface area contributed by atoms with Crippen molar-refractivity contribution in [3.05, 3.63) is 58.9 Å². The number of ether oxygens (including phenoxy) is 2. The van der Waals surface area contributed by atoms with Crippen molar-refractivity contribution in [3.63, 3.8) is 0 Å². The lowest BCUT2D eigenvalue weighted by Gasteiger charge is -2.38. The number of carbonyl (C=O) groups excluding carboxylic acids is 3. The molecule has 9 heteroatoms. The monoisotopic (exact) mass is 476 g/mol. The van der Waals surface area contributed by atoms with Crippen LogP contribution in [0.5, 0.6) is 5.75 Å². The molecule has 176 valence electrons. The molecule has 0 radical (unpaired) electrons. The van der Waals surface area contributed by atoms with Crippen LogP contribution in [-0.4, -0.2) is 48.0 Å². The van der Waals surface area contributed by atoms with Crippen LogP contribution in [0.2, 0.25) is 5.02 Å². The minimum atomic E-state index is -0.727. The number of halogens is 2. The third-order valence-corrected chi connectivity index (χ3v) is 5.71. The van der Waals surface area contributed by atoms with Crippen molar-refractivity contribution < 1.29 is 28.2 Å². The second-order valence-electron chi connectivity index (χ2n) is 7.99. The number of benzene rings is 2. The molecule has 2 atom stereocenters. The molecule has 1 aliphatic rings. The predicted molar refractivity (Wildman–Crippen MR) is 122 cm³/mol. The first-order chi connectivity index (χ1) is 15.7. The standard InChI is InChI=1S/C24H26ClFN2O5/c1-15-4-3-5-16(2)28(15)23(30)14-32-19-9-6-17(7-10-19)24(31)33-13-22(29)27-21-12-18(25)8-11-20(21)26/h6-12,15-16H,3-5,13-14H2,1-2H3,(H,27,29). The third kappa shape index (κ3) is 6.68. The number of anilines is 1. The molecule has 2 unspecified atom stereocenters. The molecular formula is C24H26ClFN2O5. The lowest BCUT2D eigenvalue weighted by Crippen LogP contribution is -2.49. The van der Waals surface area contributed by atoms with Gasteiger partial charge in [-0.25, -0.2) is 9.18 Å². The molecule has 1 fully saturated rings. The first-order valence-electron chi connectivity index (χ1n) is 10.7. The number of nitrogens with zero attached hydrogens (tertiary/aromatic N) is 1. The molecule has 2 aromatic rings. The molecule has 1 N–H and O–H groups in total. The van der Waals surface area contributed by atoms with Crippen molar-refractivity contribution in [1.82, 2.24) is 4.90 Å². The number of piperidine rings is 1. The Morgan fingerprint density at radius 1 is 1.06 bits per heavy atom. The first kappa shape index (κ1) is 24.5. The van der Waals surface area contributed by atoms with Crippen molar-refractivity contribution in [2.75, 3.05) is 18.5 Å². The molecule has 0 aromatic heterocycles. The Labute approximate surface area is 196 Å². The number of rotatable bonds is 7. The van der Waals surface area contributed by atoms with Crippen molar-refractivity contribution in [1.29, 1.82) is 0 Å². The molecule has 0 spiro atoms. The molecule has 2 amide bonds. The number of nitrogens with one attached hydrogen (secondary N) is 1. The summed E-state index contributed by atoms with van der Waals surface area (Å²) in [6.45, 7) is 3.40. The van der Waals surface area contributed by atoms with Gasteiger partial charge in [-0.15, -0.1) is 0 Å². The second kappa shape index (κ2) is 11.1. The number of likely N-dealkylation sites (tertiary alicyclic amines) is 1. The van der Waals surface area contributed by atoms with E-state index in [1.807, 2.05) is 18.7 Å². The fourth-order valence-electron chi connectivity index (χ4n) is 3.81. The molecule has 7 nitrogen and oxygen atoms in total. The van der Waals surface area contributed by atoms with Crippen molar-refractivity contribution in [3.8, 4) is 5.75 Å². The van der Waals surface area contributed by atoms with Crippen molar-refractivity contribution in [2.45, 2.75) is 45.2 Å².